The third-order valence-corrected chi connectivity index (χ3v) is 17.6. The van der Waals surface area contributed by atoms with E-state index in [0.29, 0.717) is 24.7 Å². The van der Waals surface area contributed by atoms with Gasteiger partial charge in [-0.2, -0.15) is 0 Å². The van der Waals surface area contributed by atoms with Crippen LogP contribution in [0.4, 0.5) is 0 Å². The fourth-order valence-electron chi connectivity index (χ4n) is 13.8. The lowest BCUT2D eigenvalue weighted by Gasteiger charge is -2.71. The SMILES string of the molecule is CC1CCC2(C(=O)OC3OC(CO)C(O)C(O)C3O)CCC3(C)C(=CCC4C5(C)CCC(OC6OC(CO)C(O)C(O)C6O)C(C)(C)C5CCC43C)C2C1C. The second kappa shape index (κ2) is 14.5. The first-order chi connectivity index (χ1) is 25.7. The fourth-order valence-corrected chi connectivity index (χ4v) is 13.8. The number of aliphatic hydroxyl groups excluding tert-OH is 8. The molecule has 7 aliphatic rings. The minimum absolute atomic E-state index is 0.0428. The third-order valence-electron chi connectivity index (χ3n) is 17.6. The van der Waals surface area contributed by atoms with Gasteiger partial charge >= 0.3 is 5.97 Å². The van der Waals surface area contributed by atoms with Crippen molar-refractivity contribution in [2.24, 2.45) is 56.7 Å². The summed E-state index contributed by atoms with van der Waals surface area (Å²) in [5.74, 6) is 0.652. The fraction of sp³-hybridized carbons (Fsp3) is 0.929. The van der Waals surface area contributed by atoms with Crippen molar-refractivity contribution in [3.63, 3.8) is 0 Å². The molecule has 13 nitrogen and oxygen atoms in total. The summed E-state index contributed by atoms with van der Waals surface area (Å²) >= 11 is 0. The molecule has 6 fully saturated rings. The molecule has 2 heterocycles. The van der Waals surface area contributed by atoms with Gasteiger partial charge in [-0.1, -0.05) is 60.1 Å². The molecule has 0 aromatic carbocycles. The molecule has 2 aliphatic heterocycles. The second-order valence-electron chi connectivity index (χ2n) is 20.1. The number of rotatable bonds is 6. The van der Waals surface area contributed by atoms with Crippen molar-refractivity contribution in [1.29, 1.82) is 0 Å². The average Bonchev–Trinajstić information content (AvgIpc) is 3.14. The van der Waals surface area contributed by atoms with E-state index in [9.17, 15) is 45.6 Å². The van der Waals surface area contributed by atoms with Crippen molar-refractivity contribution in [3.8, 4) is 0 Å². The molecule has 20 atom stereocenters. The van der Waals surface area contributed by atoms with E-state index in [-0.39, 0.29) is 45.5 Å². The Kier molecular flexibility index (Phi) is 11.0. The van der Waals surface area contributed by atoms with Crippen LogP contribution in [-0.2, 0) is 23.7 Å². The van der Waals surface area contributed by atoms with Crippen LogP contribution in [0.25, 0.3) is 0 Å². The van der Waals surface area contributed by atoms with Gasteiger partial charge in [0.25, 0.3) is 0 Å². The van der Waals surface area contributed by atoms with Crippen LogP contribution in [0, 0.1) is 56.7 Å². The quantitative estimate of drug-likeness (QED) is 0.110. The summed E-state index contributed by atoms with van der Waals surface area (Å²) in [6.45, 7) is 15.2. The monoisotopic (exact) mass is 780 g/mol. The molecule has 8 N–H and O–H groups in total. The molecule has 55 heavy (non-hydrogen) atoms. The maximum Gasteiger partial charge on any atom is 0.315 e. The van der Waals surface area contributed by atoms with E-state index in [4.69, 9.17) is 18.9 Å². The van der Waals surface area contributed by atoms with Crippen molar-refractivity contribution < 1.29 is 64.6 Å². The van der Waals surface area contributed by atoms with Crippen LogP contribution in [0.5, 0.6) is 0 Å². The zero-order chi connectivity index (χ0) is 40.2. The number of carbonyl (C=O) groups excluding carboxylic acids is 1. The first-order valence-corrected chi connectivity index (χ1v) is 20.9. The highest BCUT2D eigenvalue weighted by Crippen LogP contribution is 2.76. The number of fused-ring (bicyclic) bond motifs is 7. The molecule has 4 saturated carbocycles. The Morgan fingerprint density at radius 3 is 1.95 bits per heavy atom. The van der Waals surface area contributed by atoms with Gasteiger partial charge in [-0.25, -0.2) is 0 Å². The largest absolute Gasteiger partial charge is 0.432 e. The number of allylic oxidation sites excluding steroid dienone is 2. The predicted molar refractivity (Wildman–Crippen MR) is 197 cm³/mol. The molecular formula is C42H68O13. The molecule has 20 unspecified atom stereocenters. The van der Waals surface area contributed by atoms with Gasteiger partial charge in [0.05, 0.1) is 24.7 Å². The highest BCUT2D eigenvalue weighted by molar-refractivity contribution is 5.79. The highest BCUT2D eigenvalue weighted by Gasteiger charge is 2.70. The summed E-state index contributed by atoms with van der Waals surface area (Å²) in [5, 5.41) is 82.7. The summed E-state index contributed by atoms with van der Waals surface area (Å²) in [5.41, 5.74) is -0.136. The van der Waals surface area contributed by atoms with Crippen LogP contribution in [0.3, 0.4) is 0 Å². The van der Waals surface area contributed by atoms with Crippen molar-refractivity contribution in [1.82, 2.24) is 0 Å². The lowest BCUT2D eigenvalue weighted by atomic mass is 9.33. The Morgan fingerprint density at radius 2 is 1.33 bits per heavy atom. The minimum atomic E-state index is -1.66. The Morgan fingerprint density at radius 1 is 0.727 bits per heavy atom. The molecular weight excluding hydrogens is 712 g/mol. The molecule has 314 valence electrons. The van der Waals surface area contributed by atoms with Gasteiger partial charge < -0.3 is 59.8 Å². The van der Waals surface area contributed by atoms with Crippen LogP contribution in [0.15, 0.2) is 11.6 Å². The van der Waals surface area contributed by atoms with Crippen LogP contribution in [-0.4, -0.2) is 128 Å². The predicted octanol–water partition coefficient (Wildman–Crippen LogP) is 2.17. The van der Waals surface area contributed by atoms with Gasteiger partial charge in [-0.3, -0.25) is 4.79 Å². The summed E-state index contributed by atoms with van der Waals surface area (Å²) in [6, 6.07) is 0. The molecule has 0 aromatic rings. The van der Waals surface area contributed by atoms with Crippen LogP contribution in [0.2, 0.25) is 0 Å². The molecule has 2 saturated heterocycles. The first-order valence-electron chi connectivity index (χ1n) is 20.9. The van der Waals surface area contributed by atoms with Crippen LogP contribution >= 0.6 is 0 Å². The summed E-state index contributed by atoms with van der Waals surface area (Å²) in [7, 11) is 0. The molecule has 0 radical (unpaired) electrons. The van der Waals surface area contributed by atoms with Crippen LogP contribution in [0.1, 0.15) is 106 Å². The Hall–Kier alpha value is -1.23. The van der Waals surface area contributed by atoms with E-state index in [1.807, 2.05) is 0 Å². The molecule has 0 aromatic heterocycles. The van der Waals surface area contributed by atoms with Crippen LogP contribution < -0.4 is 0 Å². The van der Waals surface area contributed by atoms with E-state index >= 15 is 0 Å². The number of esters is 1. The minimum Gasteiger partial charge on any atom is -0.432 e. The molecule has 0 spiro atoms. The lowest BCUT2D eigenvalue weighted by molar-refractivity contribution is -0.330. The number of hydrogen-bond acceptors (Lipinski definition) is 13. The number of hydrogen-bond donors (Lipinski definition) is 8. The maximum atomic E-state index is 14.6. The van der Waals surface area contributed by atoms with Crippen molar-refractivity contribution in [2.75, 3.05) is 13.2 Å². The zero-order valence-corrected chi connectivity index (χ0v) is 33.7. The summed E-state index contributed by atoms with van der Waals surface area (Å²) in [4.78, 5) is 14.6. The van der Waals surface area contributed by atoms with Gasteiger partial charge in [0.1, 0.15) is 48.8 Å². The van der Waals surface area contributed by atoms with E-state index in [2.05, 4.69) is 54.5 Å². The van der Waals surface area contributed by atoms with Crippen molar-refractivity contribution in [2.45, 2.75) is 174 Å². The van der Waals surface area contributed by atoms with E-state index in [1.165, 1.54) is 5.57 Å². The Balaban J connectivity index is 1.16. The Bertz CT molecular complexity index is 1470. The van der Waals surface area contributed by atoms with Gasteiger partial charge in [0.2, 0.25) is 6.29 Å². The molecule has 0 bridgehead atoms. The first kappa shape index (κ1) is 41.9. The number of carbonyl (C=O) groups is 1. The summed E-state index contributed by atoms with van der Waals surface area (Å²) < 4.78 is 23.9. The second-order valence-corrected chi connectivity index (χ2v) is 20.1. The number of aliphatic hydroxyl groups is 8. The van der Waals surface area contributed by atoms with Gasteiger partial charge in [-0.05, 0) is 109 Å². The van der Waals surface area contributed by atoms with Gasteiger partial charge in [0, 0.05) is 0 Å². The normalized spacial score (nSPS) is 54.9. The zero-order valence-electron chi connectivity index (χ0n) is 33.7. The number of ether oxygens (including phenoxy) is 4. The molecule has 7 rings (SSSR count). The molecule has 13 heteroatoms. The van der Waals surface area contributed by atoms with Gasteiger partial charge in [-0.15, -0.1) is 0 Å². The molecule has 0 amide bonds. The Labute approximate surface area is 325 Å². The standard InChI is InChI=1S/C42H68O13/c1-20-10-15-42(37(51)55-36-34(50)32(48)30(46)24(19-44)53-36)17-16-40(6)22(28(42)21(20)2)8-9-26-39(5)13-12-27(38(3,4)25(39)11-14-41(26,40)7)54-35-33(49)31(47)29(45)23(18-43)52-35/h8,20-21,23-36,43-50H,9-19H2,1-7H3. The third kappa shape index (κ3) is 6.06. The summed E-state index contributed by atoms with van der Waals surface area (Å²) in [6.07, 6.45) is -4.58. The van der Waals surface area contributed by atoms with Crippen molar-refractivity contribution >= 4 is 5.97 Å². The van der Waals surface area contributed by atoms with E-state index in [1.54, 1.807) is 0 Å². The lowest BCUT2D eigenvalue weighted by Crippen LogP contribution is -2.66. The van der Waals surface area contributed by atoms with Crippen molar-refractivity contribution in [3.05, 3.63) is 11.6 Å². The maximum absolute atomic E-state index is 14.6. The highest BCUT2D eigenvalue weighted by atomic mass is 16.7. The van der Waals surface area contributed by atoms with Gasteiger partial charge in [0.15, 0.2) is 6.29 Å². The average molecular weight is 781 g/mol. The molecule has 5 aliphatic carbocycles. The topological polar surface area (TPSA) is 216 Å². The smallest absolute Gasteiger partial charge is 0.315 e. The van der Waals surface area contributed by atoms with E-state index < -0.39 is 86.0 Å². The van der Waals surface area contributed by atoms with E-state index in [0.717, 1.165) is 44.9 Å².